The van der Waals surface area contributed by atoms with E-state index in [1.54, 1.807) is 0 Å². The van der Waals surface area contributed by atoms with Gasteiger partial charge in [0, 0.05) is 12.8 Å². The average Bonchev–Trinajstić information content (AvgIpc) is 2.76. The second-order valence-corrected chi connectivity index (χ2v) is 7.91. The molecule has 0 saturated carbocycles. The topological polar surface area (TPSA) is 65.0 Å². The Morgan fingerprint density at radius 3 is 2.44 bits per heavy atom. The van der Waals surface area contributed by atoms with Gasteiger partial charge in [0.15, 0.2) is 11.5 Å². The van der Waals surface area contributed by atoms with Crippen LogP contribution in [0.1, 0.15) is 36.5 Å². The van der Waals surface area contributed by atoms with Crippen molar-refractivity contribution in [1.82, 2.24) is 0 Å². The Kier molecular flexibility index (Phi) is 8.14. The van der Waals surface area contributed by atoms with Crippen LogP contribution in [0.5, 0.6) is 23.0 Å². The van der Waals surface area contributed by atoms with Gasteiger partial charge in [-0.05, 0) is 80.3 Å². The van der Waals surface area contributed by atoms with Gasteiger partial charge >= 0.3 is 5.97 Å². The summed E-state index contributed by atoms with van der Waals surface area (Å²) < 4.78 is 18.1. The van der Waals surface area contributed by atoms with Crippen LogP contribution in [0, 0.1) is 13.8 Å². The lowest BCUT2D eigenvalue weighted by molar-refractivity contribution is -0.136. The maximum absolute atomic E-state index is 10.8. The van der Waals surface area contributed by atoms with Crippen LogP contribution in [-0.2, 0) is 11.2 Å². The van der Waals surface area contributed by atoms with Gasteiger partial charge in [0.25, 0.3) is 0 Å². The van der Waals surface area contributed by atoms with Crippen molar-refractivity contribution in [2.45, 2.75) is 46.1 Å². The lowest BCUT2D eigenvalue weighted by Crippen LogP contribution is -2.16. The highest BCUT2D eigenvalue weighted by Crippen LogP contribution is 2.33. The van der Waals surface area contributed by atoms with Crippen molar-refractivity contribution in [1.29, 1.82) is 0 Å². The third-order valence-electron chi connectivity index (χ3n) is 5.11. The van der Waals surface area contributed by atoms with Gasteiger partial charge in [-0.25, -0.2) is 0 Å². The van der Waals surface area contributed by atoms with Crippen molar-refractivity contribution in [3.8, 4) is 23.0 Å². The van der Waals surface area contributed by atoms with Gasteiger partial charge in [-0.3, -0.25) is 4.79 Å². The van der Waals surface area contributed by atoms with E-state index in [4.69, 9.17) is 19.3 Å². The number of ether oxygens (including phenoxy) is 3. The smallest absolute Gasteiger partial charge is 0.303 e. The monoisotopic (exact) mass is 434 g/mol. The molecule has 5 nitrogen and oxygen atoms in total. The van der Waals surface area contributed by atoms with E-state index in [-0.39, 0.29) is 12.5 Å². The number of rotatable bonds is 11. The molecule has 0 radical (unpaired) electrons. The zero-order valence-corrected chi connectivity index (χ0v) is 18.8. The number of carbonyl (C=O) groups is 1. The minimum absolute atomic E-state index is 0.0632. The SMILES string of the molecule is Cc1ccc(OC(C)CCOc2ccc(CCC(=O)O)c(C)c2)c(Oc2ccccc2)c1. The summed E-state index contributed by atoms with van der Waals surface area (Å²) in [7, 11) is 0. The Morgan fingerprint density at radius 1 is 0.938 bits per heavy atom. The summed E-state index contributed by atoms with van der Waals surface area (Å²) in [5, 5.41) is 8.85. The molecule has 0 spiro atoms. The molecule has 1 unspecified atom stereocenters. The summed E-state index contributed by atoms with van der Waals surface area (Å²) in [5.74, 6) is 2.14. The molecule has 0 aliphatic carbocycles. The average molecular weight is 435 g/mol. The highest BCUT2D eigenvalue weighted by Gasteiger charge is 2.12. The fourth-order valence-corrected chi connectivity index (χ4v) is 3.31. The first-order chi connectivity index (χ1) is 15.4. The summed E-state index contributed by atoms with van der Waals surface area (Å²) in [4.78, 5) is 10.8. The third kappa shape index (κ3) is 7.05. The molecule has 3 rings (SSSR count). The Hall–Kier alpha value is -3.47. The summed E-state index contributed by atoms with van der Waals surface area (Å²) in [6.45, 7) is 6.51. The molecule has 3 aromatic rings. The van der Waals surface area contributed by atoms with Crippen molar-refractivity contribution >= 4 is 5.97 Å². The molecule has 1 N–H and O–H groups in total. The predicted molar refractivity (Wildman–Crippen MR) is 125 cm³/mol. The summed E-state index contributed by atoms with van der Waals surface area (Å²) in [6.07, 6.45) is 1.30. The molecule has 0 fully saturated rings. The fraction of sp³-hybridized carbons (Fsp3) is 0.296. The lowest BCUT2D eigenvalue weighted by Gasteiger charge is -2.18. The first-order valence-corrected chi connectivity index (χ1v) is 10.8. The van der Waals surface area contributed by atoms with Crippen LogP contribution < -0.4 is 14.2 Å². The number of carboxylic acids is 1. The van der Waals surface area contributed by atoms with E-state index >= 15 is 0 Å². The molecule has 0 aliphatic rings. The minimum Gasteiger partial charge on any atom is -0.493 e. The molecule has 0 saturated heterocycles. The number of hydrogen-bond donors (Lipinski definition) is 1. The molecule has 3 aromatic carbocycles. The maximum atomic E-state index is 10.8. The van der Waals surface area contributed by atoms with Gasteiger partial charge < -0.3 is 19.3 Å². The highest BCUT2D eigenvalue weighted by atomic mass is 16.5. The van der Waals surface area contributed by atoms with Crippen LogP contribution in [0.3, 0.4) is 0 Å². The summed E-state index contributed by atoms with van der Waals surface area (Å²) in [5.41, 5.74) is 3.17. The van der Waals surface area contributed by atoms with Crippen LogP contribution in [0.2, 0.25) is 0 Å². The van der Waals surface area contributed by atoms with Gasteiger partial charge in [0.1, 0.15) is 11.5 Å². The molecule has 0 amide bonds. The van der Waals surface area contributed by atoms with E-state index in [0.717, 1.165) is 28.2 Å². The van der Waals surface area contributed by atoms with Gasteiger partial charge in [-0.15, -0.1) is 0 Å². The van der Waals surface area contributed by atoms with E-state index in [9.17, 15) is 4.79 Å². The first kappa shape index (κ1) is 23.2. The molecular formula is C27H30O5. The number of carboxylic acid groups (broad SMARTS) is 1. The number of aryl methyl sites for hydroxylation is 3. The number of para-hydroxylation sites is 1. The third-order valence-corrected chi connectivity index (χ3v) is 5.11. The van der Waals surface area contributed by atoms with Gasteiger partial charge in [-0.2, -0.15) is 0 Å². The Balaban J connectivity index is 1.53. The zero-order valence-electron chi connectivity index (χ0n) is 18.8. The molecule has 0 heterocycles. The van der Waals surface area contributed by atoms with Crippen molar-refractivity contribution < 1.29 is 24.1 Å². The lowest BCUT2D eigenvalue weighted by atomic mass is 10.0. The summed E-state index contributed by atoms with van der Waals surface area (Å²) in [6, 6.07) is 21.3. The van der Waals surface area contributed by atoms with Gasteiger partial charge in [0.2, 0.25) is 0 Å². The van der Waals surface area contributed by atoms with Crippen molar-refractivity contribution in [2.24, 2.45) is 0 Å². The Bertz CT molecular complexity index is 1030. The summed E-state index contributed by atoms with van der Waals surface area (Å²) >= 11 is 0. The largest absolute Gasteiger partial charge is 0.493 e. The second-order valence-electron chi connectivity index (χ2n) is 7.91. The van der Waals surface area contributed by atoms with Crippen LogP contribution >= 0.6 is 0 Å². The molecule has 5 heteroatoms. The quantitative estimate of drug-likeness (QED) is 0.381. The number of hydrogen-bond acceptors (Lipinski definition) is 4. The van der Waals surface area contributed by atoms with Crippen molar-refractivity contribution in [2.75, 3.05) is 6.61 Å². The maximum Gasteiger partial charge on any atom is 0.303 e. The van der Waals surface area contributed by atoms with E-state index in [1.165, 1.54) is 0 Å². The van der Waals surface area contributed by atoms with Crippen molar-refractivity contribution in [3.05, 3.63) is 83.4 Å². The first-order valence-electron chi connectivity index (χ1n) is 10.8. The molecule has 0 aliphatic heterocycles. The van der Waals surface area contributed by atoms with E-state index < -0.39 is 5.97 Å². The second kappa shape index (κ2) is 11.2. The molecular weight excluding hydrogens is 404 g/mol. The van der Waals surface area contributed by atoms with Gasteiger partial charge in [-0.1, -0.05) is 30.3 Å². The molecule has 0 aromatic heterocycles. The Morgan fingerprint density at radius 2 is 1.72 bits per heavy atom. The van der Waals surface area contributed by atoms with E-state index in [0.29, 0.717) is 30.9 Å². The molecule has 168 valence electrons. The van der Waals surface area contributed by atoms with Crippen LogP contribution in [0.4, 0.5) is 0 Å². The highest BCUT2D eigenvalue weighted by molar-refractivity contribution is 5.67. The molecule has 1 atom stereocenters. The normalized spacial score (nSPS) is 11.6. The number of benzene rings is 3. The predicted octanol–water partition coefficient (Wildman–Crippen LogP) is 6.35. The van der Waals surface area contributed by atoms with E-state index in [2.05, 4.69) is 0 Å². The zero-order chi connectivity index (χ0) is 22.9. The minimum atomic E-state index is -0.787. The van der Waals surface area contributed by atoms with E-state index in [1.807, 2.05) is 87.5 Å². The fourth-order valence-electron chi connectivity index (χ4n) is 3.31. The Labute approximate surface area is 189 Å². The standard InChI is InChI=1S/C27H30O5/c1-19-9-13-25(26(17-19)32-23-7-5-4-6-8-23)31-21(3)15-16-30-24-12-10-22(20(2)18-24)11-14-27(28)29/h4-10,12-13,17-18,21H,11,14-16H2,1-3H3,(H,28,29). The van der Waals surface area contributed by atoms with Crippen LogP contribution in [0.15, 0.2) is 66.7 Å². The molecule has 32 heavy (non-hydrogen) atoms. The van der Waals surface area contributed by atoms with Gasteiger partial charge in [0.05, 0.1) is 12.7 Å². The van der Waals surface area contributed by atoms with Crippen LogP contribution in [-0.4, -0.2) is 23.8 Å². The van der Waals surface area contributed by atoms with Crippen molar-refractivity contribution in [3.63, 3.8) is 0 Å². The molecule has 0 bridgehead atoms. The van der Waals surface area contributed by atoms with Crippen LogP contribution in [0.25, 0.3) is 0 Å². The number of aliphatic carboxylic acids is 1.